The number of aliphatic hydroxyl groups is 1. The van der Waals surface area contributed by atoms with Crippen LogP contribution in [0.3, 0.4) is 0 Å². The molecular formula is C12H20BrNOS. The van der Waals surface area contributed by atoms with Gasteiger partial charge in [-0.2, -0.15) is 0 Å². The van der Waals surface area contributed by atoms with Gasteiger partial charge in [-0.15, -0.1) is 11.3 Å². The van der Waals surface area contributed by atoms with E-state index in [1.54, 1.807) is 11.3 Å². The van der Waals surface area contributed by atoms with E-state index in [-0.39, 0.29) is 6.10 Å². The molecule has 0 saturated heterocycles. The van der Waals surface area contributed by atoms with Crippen LogP contribution < -0.4 is 5.32 Å². The summed E-state index contributed by atoms with van der Waals surface area (Å²) in [7, 11) is 0. The Bertz CT molecular complexity index is 305. The average molecular weight is 306 g/mol. The van der Waals surface area contributed by atoms with Crippen molar-refractivity contribution in [3.05, 3.63) is 20.3 Å². The number of rotatable bonds is 6. The number of hydrogen-bond donors (Lipinski definition) is 2. The van der Waals surface area contributed by atoms with Crippen LogP contribution in [0.15, 0.2) is 9.85 Å². The molecule has 2 N–H and O–H groups in total. The number of aryl methyl sites for hydroxylation is 1. The first kappa shape index (κ1) is 14.2. The quantitative estimate of drug-likeness (QED) is 0.845. The van der Waals surface area contributed by atoms with Gasteiger partial charge in [-0.3, -0.25) is 0 Å². The van der Waals surface area contributed by atoms with E-state index < -0.39 is 0 Å². The third-order valence-electron chi connectivity index (χ3n) is 2.44. The number of halogens is 1. The monoisotopic (exact) mass is 305 g/mol. The zero-order valence-electron chi connectivity index (χ0n) is 10.1. The van der Waals surface area contributed by atoms with Crippen LogP contribution in [0.5, 0.6) is 0 Å². The lowest BCUT2D eigenvalue weighted by Gasteiger charge is -2.13. The van der Waals surface area contributed by atoms with Crippen molar-refractivity contribution >= 4 is 27.3 Å². The highest BCUT2D eigenvalue weighted by molar-refractivity contribution is 9.11. The fourth-order valence-electron chi connectivity index (χ4n) is 1.72. The Balaban J connectivity index is 2.25. The lowest BCUT2D eigenvalue weighted by molar-refractivity contribution is 0.163. The molecule has 0 spiro atoms. The number of hydrogen-bond acceptors (Lipinski definition) is 3. The van der Waals surface area contributed by atoms with Crippen LogP contribution in [0.25, 0.3) is 0 Å². The highest BCUT2D eigenvalue weighted by atomic mass is 79.9. The molecule has 0 aromatic carbocycles. The van der Waals surface area contributed by atoms with Crippen molar-refractivity contribution in [1.29, 1.82) is 0 Å². The van der Waals surface area contributed by atoms with Crippen LogP contribution in [0.4, 0.5) is 0 Å². The van der Waals surface area contributed by atoms with Gasteiger partial charge in [0.25, 0.3) is 0 Å². The molecule has 0 aliphatic heterocycles. The molecule has 1 heterocycles. The summed E-state index contributed by atoms with van der Waals surface area (Å²) in [6.45, 7) is 7.99. The summed E-state index contributed by atoms with van der Waals surface area (Å²) in [5, 5.41) is 12.7. The molecule has 2 nitrogen and oxygen atoms in total. The van der Waals surface area contributed by atoms with Crippen molar-refractivity contribution in [2.75, 3.05) is 6.54 Å². The van der Waals surface area contributed by atoms with Crippen LogP contribution in [-0.2, 0) is 6.54 Å². The fraction of sp³-hybridized carbons (Fsp3) is 0.667. The smallest absolute Gasteiger partial charge is 0.0730 e. The minimum absolute atomic E-state index is 0.199. The molecule has 92 valence electrons. The lowest BCUT2D eigenvalue weighted by Crippen LogP contribution is -2.22. The molecule has 0 radical (unpaired) electrons. The Morgan fingerprint density at radius 1 is 1.50 bits per heavy atom. The topological polar surface area (TPSA) is 32.3 Å². The van der Waals surface area contributed by atoms with E-state index in [1.165, 1.54) is 14.2 Å². The van der Waals surface area contributed by atoms with Crippen molar-refractivity contribution in [2.24, 2.45) is 5.92 Å². The first-order valence-corrected chi connectivity index (χ1v) is 7.23. The summed E-state index contributed by atoms with van der Waals surface area (Å²) in [6.07, 6.45) is 0.662. The Labute approximate surface area is 110 Å². The van der Waals surface area contributed by atoms with Crippen LogP contribution in [0.2, 0.25) is 0 Å². The van der Waals surface area contributed by atoms with E-state index in [4.69, 9.17) is 0 Å². The standard InChI is InChI=1S/C12H20BrNOS/c1-8(4-10(3)15)6-14-7-11-5-9(2)12(13)16-11/h5,8,10,14-15H,4,6-7H2,1-3H3. The van der Waals surface area contributed by atoms with Gasteiger partial charge in [0.05, 0.1) is 9.89 Å². The molecule has 4 heteroatoms. The maximum Gasteiger partial charge on any atom is 0.0730 e. The van der Waals surface area contributed by atoms with Gasteiger partial charge in [-0.1, -0.05) is 6.92 Å². The highest BCUT2D eigenvalue weighted by Crippen LogP contribution is 2.27. The summed E-state index contributed by atoms with van der Waals surface area (Å²) in [5.74, 6) is 0.518. The van der Waals surface area contributed by atoms with E-state index in [0.717, 1.165) is 19.5 Å². The van der Waals surface area contributed by atoms with Crippen molar-refractivity contribution in [1.82, 2.24) is 5.32 Å². The summed E-state index contributed by atoms with van der Waals surface area (Å²) >= 11 is 5.31. The minimum Gasteiger partial charge on any atom is -0.393 e. The van der Waals surface area contributed by atoms with Crippen LogP contribution in [0, 0.1) is 12.8 Å². The van der Waals surface area contributed by atoms with E-state index in [0.29, 0.717) is 5.92 Å². The van der Waals surface area contributed by atoms with Crippen molar-refractivity contribution in [3.63, 3.8) is 0 Å². The van der Waals surface area contributed by atoms with E-state index >= 15 is 0 Å². The van der Waals surface area contributed by atoms with Crippen LogP contribution in [0.1, 0.15) is 30.7 Å². The maximum absolute atomic E-state index is 9.25. The number of nitrogens with one attached hydrogen (secondary N) is 1. The second-order valence-electron chi connectivity index (χ2n) is 4.49. The molecule has 2 unspecified atom stereocenters. The Hall–Kier alpha value is 0.100. The maximum atomic E-state index is 9.25. The largest absolute Gasteiger partial charge is 0.393 e. The Morgan fingerprint density at radius 3 is 2.69 bits per heavy atom. The fourth-order valence-corrected chi connectivity index (χ4v) is 3.32. The second kappa shape index (κ2) is 6.74. The molecule has 0 amide bonds. The van der Waals surface area contributed by atoms with Gasteiger partial charge in [0.1, 0.15) is 0 Å². The third kappa shape index (κ3) is 4.95. The predicted molar refractivity (Wildman–Crippen MR) is 73.9 cm³/mol. The van der Waals surface area contributed by atoms with Gasteiger partial charge in [0.2, 0.25) is 0 Å². The molecule has 0 fully saturated rings. The zero-order valence-corrected chi connectivity index (χ0v) is 12.5. The molecule has 0 bridgehead atoms. The molecule has 16 heavy (non-hydrogen) atoms. The van der Waals surface area contributed by atoms with Gasteiger partial charge >= 0.3 is 0 Å². The highest BCUT2D eigenvalue weighted by Gasteiger charge is 2.06. The Morgan fingerprint density at radius 2 is 2.19 bits per heavy atom. The molecule has 0 saturated carbocycles. The van der Waals surface area contributed by atoms with Gasteiger partial charge < -0.3 is 10.4 Å². The Kier molecular flexibility index (Phi) is 5.97. The molecular weight excluding hydrogens is 286 g/mol. The van der Waals surface area contributed by atoms with E-state index in [9.17, 15) is 5.11 Å². The molecule has 1 aromatic rings. The molecule has 1 aromatic heterocycles. The average Bonchev–Trinajstić information content (AvgIpc) is 2.44. The molecule has 0 aliphatic carbocycles. The van der Waals surface area contributed by atoms with Crippen molar-refractivity contribution in [3.8, 4) is 0 Å². The van der Waals surface area contributed by atoms with Gasteiger partial charge in [0.15, 0.2) is 0 Å². The van der Waals surface area contributed by atoms with Crippen LogP contribution in [-0.4, -0.2) is 17.8 Å². The zero-order chi connectivity index (χ0) is 12.1. The second-order valence-corrected chi connectivity index (χ2v) is 6.94. The predicted octanol–water partition coefficient (Wildman–Crippen LogP) is 3.32. The van der Waals surface area contributed by atoms with Gasteiger partial charge in [-0.25, -0.2) is 0 Å². The third-order valence-corrected chi connectivity index (χ3v) is 4.58. The summed E-state index contributed by atoms with van der Waals surface area (Å²) < 4.78 is 1.22. The molecule has 0 aliphatic rings. The summed E-state index contributed by atoms with van der Waals surface area (Å²) in [4.78, 5) is 1.36. The van der Waals surface area contributed by atoms with E-state index in [2.05, 4.69) is 41.2 Å². The summed E-state index contributed by atoms with van der Waals surface area (Å²) in [5.41, 5.74) is 1.30. The van der Waals surface area contributed by atoms with Gasteiger partial charge in [-0.05, 0) is 60.3 Å². The first-order chi connectivity index (χ1) is 7.49. The van der Waals surface area contributed by atoms with E-state index in [1.807, 2.05) is 6.92 Å². The normalized spacial score (nSPS) is 15.1. The van der Waals surface area contributed by atoms with Gasteiger partial charge in [0, 0.05) is 11.4 Å². The molecule has 1 rings (SSSR count). The summed E-state index contributed by atoms with van der Waals surface area (Å²) in [6, 6.07) is 2.21. The van der Waals surface area contributed by atoms with Crippen LogP contribution >= 0.6 is 27.3 Å². The first-order valence-electron chi connectivity index (χ1n) is 5.62. The number of thiophene rings is 1. The van der Waals surface area contributed by atoms with Crippen molar-refractivity contribution < 1.29 is 5.11 Å². The lowest BCUT2D eigenvalue weighted by atomic mass is 10.1. The number of aliphatic hydroxyl groups excluding tert-OH is 1. The van der Waals surface area contributed by atoms with Crippen molar-refractivity contribution in [2.45, 2.75) is 39.8 Å². The minimum atomic E-state index is -0.199. The molecule has 2 atom stereocenters. The SMILES string of the molecule is Cc1cc(CNCC(C)CC(C)O)sc1Br.